The van der Waals surface area contributed by atoms with Crippen molar-refractivity contribution in [3.8, 4) is 5.75 Å². The Balaban J connectivity index is 3.47. The normalized spacial score (nSPS) is 10.6. The van der Waals surface area contributed by atoms with Crippen molar-refractivity contribution in [2.45, 2.75) is 19.6 Å². The van der Waals surface area contributed by atoms with E-state index in [1.54, 1.807) is 7.11 Å². The lowest BCUT2D eigenvalue weighted by Gasteiger charge is -2.14. The number of benzene rings is 1. The summed E-state index contributed by atoms with van der Waals surface area (Å²) in [6.07, 6.45) is 0. The van der Waals surface area contributed by atoms with Crippen molar-refractivity contribution in [2.75, 3.05) is 7.11 Å². The van der Waals surface area contributed by atoms with Gasteiger partial charge in [0.25, 0.3) is 0 Å². The summed E-state index contributed by atoms with van der Waals surface area (Å²) in [5.74, 6) is 0.591. The Hall–Kier alpha value is 1.58. The SMILES string of the molecule is COc1c(SCl)c(SCl)cc(SCl)c1SCl. The lowest BCUT2D eigenvalue weighted by Crippen LogP contribution is -1.91. The van der Waals surface area contributed by atoms with Crippen molar-refractivity contribution >= 4 is 86.6 Å². The second-order valence-corrected chi connectivity index (χ2v) is 6.54. The van der Waals surface area contributed by atoms with Gasteiger partial charge in [0.1, 0.15) is 0 Å². The molecule has 0 amide bonds. The highest BCUT2D eigenvalue weighted by molar-refractivity contribution is 8.24. The highest BCUT2D eigenvalue weighted by atomic mass is 35.7. The standard InChI is InChI=1S/C7H4Cl4OS4/c1-12-5-6(15-10)3(13-8)2-4(14-9)7(5)16-11/h2H,1H3. The summed E-state index contributed by atoms with van der Waals surface area (Å²) in [7, 11) is 28.9. The molecule has 9 heteroatoms. The predicted molar refractivity (Wildman–Crippen MR) is 79.8 cm³/mol. The van der Waals surface area contributed by atoms with Crippen LogP contribution in [0, 0.1) is 0 Å². The van der Waals surface area contributed by atoms with Gasteiger partial charge in [-0.15, -0.1) is 0 Å². The molecule has 0 aliphatic carbocycles. The molecule has 0 radical (unpaired) electrons. The Labute approximate surface area is 129 Å². The Kier molecular flexibility index (Phi) is 7.71. The molecule has 0 atom stereocenters. The van der Waals surface area contributed by atoms with Crippen LogP contribution >= 0.6 is 86.6 Å². The van der Waals surface area contributed by atoms with E-state index in [2.05, 4.69) is 0 Å². The fourth-order valence-electron chi connectivity index (χ4n) is 1.02. The van der Waals surface area contributed by atoms with Crippen LogP contribution in [0.15, 0.2) is 25.6 Å². The predicted octanol–water partition coefficient (Wildman–Crippen LogP) is 6.68. The van der Waals surface area contributed by atoms with E-state index >= 15 is 0 Å². The minimum atomic E-state index is 0.591. The maximum atomic E-state index is 5.79. The molecule has 0 aliphatic heterocycles. The average Bonchev–Trinajstić information content (AvgIpc) is 2.35. The van der Waals surface area contributed by atoms with Crippen molar-refractivity contribution in [2.24, 2.45) is 0 Å². The number of methoxy groups -OCH3 is 1. The van der Waals surface area contributed by atoms with Crippen LogP contribution < -0.4 is 4.74 Å². The van der Waals surface area contributed by atoms with Crippen LogP contribution in [0.5, 0.6) is 5.75 Å². The van der Waals surface area contributed by atoms with E-state index in [0.29, 0.717) is 5.75 Å². The first-order valence-corrected chi connectivity index (χ1v) is 10.2. The van der Waals surface area contributed by atoms with Crippen molar-refractivity contribution < 1.29 is 4.74 Å². The van der Waals surface area contributed by atoms with Gasteiger partial charge in [-0.3, -0.25) is 0 Å². The van der Waals surface area contributed by atoms with Crippen LogP contribution in [0.1, 0.15) is 0 Å². The molecular formula is C7H4Cl4OS4. The van der Waals surface area contributed by atoms with Gasteiger partial charge in [0.15, 0.2) is 5.75 Å². The zero-order chi connectivity index (χ0) is 12.1. The van der Waals surface area contributed by atoms with Crippen molar-refractivity contribution in [1.82, 2.24) is 0 Å². The summed E-state index contributed by atoms with van der Waals surface area (Å²) in [5.41, 5.74) is 0. The van der Waals surface area contributed by atoms with Crippen molar-refractivity contribution in [3.05, 3.63) is 6.07 Å². The third-order valence-electron chi connectivity index (χ3n) is 1.65. The fraction of sp³-hybridized carbons (Fsp3) is 0.143. The first-order chi connectivity index (χ1) is 7.73. The van der Waals surface area contributed by atoms with Gasteiger partial charge >= 0.3 is 0 Å². The number of rotatable bonds is 5. The fourth-order valence-corrected chi connectivity index (χ4v) is 5.29. The summed E-state index contributed by atoms with van der Waals surface area (Å²) in [6, 6.07) is 1.83. The summed E-state index contributed by atoms with van der Waals surface area (Å²) in [6.45, 7) is 0. The van der Waals surface area contributed by atoms with Gasteiger partial charge < -0.3 is 4.74 Å². The molecular weight excluding hydrogens is 370 g/mol. The van der Waals surface area contributed by atoms with Gasteiger partial charge in [-0.2, -0.15) is 0 Å². The molecule has 0 aromatic heterocycles. The van der Waals surface area contributed by atoms with E-state index < -0.39 is 0 Å². The Bertz CT molecular complexity index is 346. The number of hydrogen-bond donors (Lipinski definition) is 0. The topological polar surface area (TPSA) is 9.23 Å². The molecule has 0 N–H and O–H groups in total. The lowest BCUT2D eigenvalue weighted by molar-refractivity contribution is 0.389. The molecule has 1 rings (SSSR count). The molecule has 1 nitrogen and oxygen atoms in total. The summed E-state index contributed by atoms with van der Waals surface area (Å²) < 4.78 is 5.29. The molecule has 90 valence electrons. The zero-order valence-electron chi connectivity index (χ0n) is 7.63. The van der Waals surface area contributed by atoms with Gasteiger partial charge in [-0.25, -0.2) is 0 Å². The summed E-state index contributed by atoms with van der Waals surface area (Å²) in [5, 5.41) is 0. The first kappa shape index (κ1) is 15.6. The van der Waals surface area contributed by atoms with Crippen molar-refractivity contribution in [3.63, 3.8) is 0 Å². The molecule has 0 bridgehead atoms. The van der Waals surface area contributed by atoms with E-state index in [1.807, 2.05) is 6.07 Å². The minimum absolute atomic E-state index is 0.591. The van der Waals surface area contributed by atoms with Crippen LogP contribution in [0.2, 0.25) is 0 Å². The summed E-state index contributed by atoms with van der Waals surface area (Å²) in [4.78, 5) is 3.05. The molecule has 16 heavy (non-hydrogen) atoms. The highest BCUT2D eigenvalue weighted by Crippen LogP contribution is 2.51. The molecule has 0 saturated heterocycles. The van der Waals surface area contributed by atoms with Crippen LogP contribution in [0.3, 0.4) is 0 Å². The quantitative estimate of drug-likeness (QED) is 0.567. The summed E-state index contributed by atoms with van der Waals surface area (Å²) >= 11 is 0. The maximum absolute atomic E-state index is 5.79. The molecule has 0 heterocycles. The van der Waals surface area contributed by atoms with Gasteiger partial charge in [-0.05, 0) is 92.7 Å². The zero-order valence-corrected chi connectivity index (χ0v) is 13.9. The molecule has 0 fully saturated rings. The lowest BCUT2D eigenvalue weighted by atomic mass is 10.3. The van der Waals surface area contributed by atoms with E-state index in [4.69, 9.17) is 47.5 Å². The number of ether oxygens (including phenoxy) is 1. The van der Waals surface area contributed by atoms with Gasteiger partial charge in [0, 0.05) is 9.79 Å². The van der Waals surface area contributed by atoms with Crippen molar-refractivity contribution in [1.29, 1.82) is 0 Å². The maximum Gasteiger partial charge on any atom is 0.150 e. The number of halogens is 4. The van der Waals surface area contributed by atoms with Gasteiger partial charge in [0.05, 0.1) is 16.9 Å². The van der Waals surface area contributed by atoms with E-state index in [1.165, 1.54) is 0 Å². The van der Waals surface area contributed by atoms with Gasteiger partial charge in [-0.1, -0.05) is 0 Å². The average molecular weight is 374 g/mol. The van der Waals surface area contributed by atoms with E-state index in [0.717, 1.165) is 63.5 Å². The Morgan fingerprint density at radius 1 is 0.875 bits per heavy atom. The third kappa shape index (κ3) is 3.32. The Morgan fingerprint density at radius 3 is 1.56 bits per heavy atom. The molecule has 0 unspecified atom stereocenters. The van der Waals surface area contributed by atoms with Crippen LogP contribution in [0.25, 0.3) is 0 Å². The van der Waals surface area contributed by atoms with Crippen LogP contribution in [-0.4, -0.2) is 7.11 Å². The molecule has 1 aromatic rings. The van der Waals surface area contributed by atoms with E-state index in [9.17, 15) is 0 Å². The molecule has 0 aliphatic rings. The first-order valence-electron chi connectivity index (χ1n) is 3.62. The molecule has 1 aromatic carbocycles. The van der Waals surface area contributed by atoms with Crippen LogP contribution in [-0.2, 0) is 0 Å². The highest BCUT2D eigenvalue weighted by Gasteiger charge is 2.19. The van der Waals surface area contributed by atoms with Crippen LogP contribution in [0.4, 0.5) is 0 Å². The monoisotopic (exact) mass is 372 g/mol. The molecule has 0 spiro atoms. The van der Waals surface area contributed by atoms with Gasteiger partial charge in [0.2, 0.25) is 0 Å². The Morgan fingerprint density at radius 2 is 1.31 bits per heavy atom. The smallest absolute Gasteiger partial charge is 0.150 e. The third-order valence-corrected chi connectivity index (χ3v) is 5.92. The molecule has 0 saturated carbocycles. The minimum Gasteiger partial charge on any atom is -0.494 e. The second kappa shape index (κ2) is 7.89. The largest absolute Gasteiger partial charge is 0.494 e. The second-order valence-electron chi connectivity index (χ2n) is 2.37. The number of hydrogen-bond acceptors (Lipinski definition) is 5. The van der Waals surface area contributed by atoms with E-state index in [-0.39, 0.29) is 0 Å².